The van der Waals surface area contributed by atoms with E-state index < -0.39 is 0 Å². The molecule has 3 N–H and O–H groups in total. The number of methoxy groups -OCH3 is 2. The third kappa shape index (κ3) is 3.07. The van der Waals surface area contributed by atoms with Crippen molar-refractivity contribution in [2.75, 3.05) is 20.0 Å². The van der Waals surface area contributed by atoms with Gasteiger partial charge in [-0.3, -0.25) is 9.48 Å². The van der Waals surface area contributed by atoms with Crippen LogP contribution in [0.3, 0.4) is 0 Å². The van der Waals surface area contributed by atoms with Crippen molar-refractivity contribution in [3.63, 3.8) is 0 Å². The van der Waals surface area contributed by atoms with Crippen LogP contribution in [0.15, 0.2) is 24.4 Å². The van der Waals surface area contributed by atoms with Crippen LogP contribution >= 0.6 is 0 Å². The average Bonchev–Trinajstić information content (AvgIpc) is 2.90. The highest BCUT2D eigenvalue weighted by atomic mass is 16.5. The second-order valence-corrected chi connectivity index (χ2v) is 4.42. The first-order valence-electron chi connectivity index (χ1n) is 6.33. The van der Waals surface area contributed by atoms with E-state index in [4.69, 9.17) is 15.2 Å². The first-order valence-corrected chi connectivity index (χ1v) is 6.33. The molecule has 0 saturated heterocycles. The fraction of sp³-hybridized carbons (Fsp3) is 0.286. The number of benzene rings is 1. The summed E-state index contributed by atoms with van der Waals surface area (Å²) in [6.07, 6.45) is 1.67. The molecule has 2 rings (SSSR count). The Morgan fingerprint density at radius 3 is 2.71 bits per heavy atom. The highest BCUT2D eigenvalue weighted by Crippen LogP contribution is 2.30. The van der Waals surface area contributed by atoms with Crippen LogP contribution in [0.1, 0.15) is 16.1 Å². The van der Waals surface area contributed by atoms with Gasteiger partial charge in [0.05, 0.1) is 37.7 Å². The maximum atomic E-state index is 12.3. The minimum atomic E-state index is -0.300. The minimum absolute atomic E-state index is 0.279. The summed E-state index contributed by atoms with van der Waals surface area (Å²) in [4.78, 5) is 12.3. The Labute approximate surface area is 122 Å². The predicted octanol–water partition coefficient (Wildman–Crippen LogP) is 0.949. The molecular weight excluding hydrogens is 272 g/mol. The maximum absolute atomic E-state index is 12.3. The number of amides is 1. The second-order valence-electron chi connectivity index (χ2n) is 4.42. The number of aryl methyl sites for hydroxylation is 1. The molecule has 1 amide bonds. The first-order chi connectivity index (χ1) is 10.1. The van der Waals surface area contributed by atoms with Crippen molar-refractivity contribution >= 4 is 11.6 Å². The summed E-state index contributed by atoms with van der Waals surface area (Å²) in [7, 11) is 4.81. The summed E-state index contributed by atoms with van der Waals surface area (Å²) in [6.45, 7) is 0.355. The third-order valence-corrected chi connectivity index (χ3v) is 3.17. The molecule has 0 radical (unpaired) electrons. The van der Waals surface area contributed by atoms with Crippen molar-refractivity contribution in [1.82, 2.24) is 15.1 Å². The summed E-state index contributed by atoms with van der Waals surface area (Å²) < 4.78 is 12.0. The fourth-order valence-electron chi connectivity index (χ4n) is 1.92. The monoisotopic (exact) mass is 290 g/mol. The van der Waals surface area contributed by atoms with Gasteiger partial charge in [0.15, 0.2) is 0 Å². The van der Waals surface area contributed by atoms with Crippen LogP contribution in [-0.2, 0) is 13.6 Å². The summed E-state index contributed by atoms with van der Waals surface area (Å²) >= 11 is 0. The molecule has 2 aromatic rings. The molecule has 1 heterocycles. The van der Waals surface area contributed by atoms with Crippen LogP contribution in [0.2, 0.25) is 0 Å². The Kier molecular flexibility index (Phi) is 4.32. The third-order valence-electron chi connectivity index (χ3n) is 3.17. The van der Waals surface area contributed by atoms with Crippen LogP contribution in [0.4, 0.5) is 5.69 Å². The van der Waals surface area contributed by atoms with Gasteiger partial charge >= 0.3 is 0 Å². The zero-order chi connectivity index (χ0) is 15.4. The second kappa shape index (κ2) is 6.17. The van der Waals surface area contributed by atoms with Crippen LogP contribution in [0.5, 0.6) is 11.5 Å². The van der Waals surface area contributed by atoms with Gasteiger partial charge in [0, 0.05) is 19.3 Å². The Hall–Kier alpha value is -2.70. The molecule has 0 aliphatic heterocycles. The lowest BCUT2D eigenvalue weighted by Crippen LogP contribution is -2.25. The number of nitrogens with one attached hydrogen (secondary N) is 1. The van der Waals surface area contributed by atoms with Crippen molar-refractivity contribution in [1.29, 1.82) is 0 Å². The molecule has 0 atom stereocenters. The molecule has 112 valence electrons. The number of nitrogen functional groups attached to an aromatic ring is 1. The highest BCUT2D eigenvalue weighted by molar-refractivity contribution is 6.00. The molecular formula is C14H18N4O3. The van der Waals surface area contributed by atoms with Gasteiger partial charge in [-0.15, -0.1) is 0 Å². The molecule has 0 spiro atoms. The molecule has 0 bridgehead atoms. The summed E-state index contributed by atoms with van der Waals surface area (Å²) in [6, 6.07) is 5.04. The molecule has 1 aromatic carbocycles. The van der Waals surface area contributed by atoms with Gasteiger partial charge in [0.2, 0.25) is 0 Å². The largest absolute Gasteiger partial charge is 0.497 e. The van der Waals surface area contributed by atoms with Gasteiger partial charge in [-0.1, -0.05) is 0 Å². The number of anilines is 1. The molecule has 0 fully saturated rings. The normalized spacial score (nSPS) is 10.2. The predicted molar refractivity (Wildman–Crippen MR) is 78.3 cm³/mol. The highest BCUT2D eigenvalue weighted by Gasteiger charge is 2.16. The SMILES string of the molecule is COc1cc(OC)c(N)c(C(=O)NCc2ccnn2C)c1. The lowest BCUT2D eigenvalue weighted by Gasteiger charge is -2.13. The lowest BCUT2D eigenvalue weighted by atomic mass is 10.1. The number of carbonyl (C=O) groups is 1. The van der Waals surface area contributed by atoms with Crippen LogP contribution in [0.25, 0.3) is 0 Å². The molecule has 0 aliphatic rings. The van der Waals surface area contributed by atoms with Gasteiger partial charge in [-0.25, -0.2) is 0 Å². The number of hydrogen-bond donors (Lipinski definition) is 2. The average molecular weight is 290 g/mol. The number of ether oxygens (including phenoxy) is 2. The lowest BCUT2D eigenvalue weighted by molar-refractivity contribution is 0.0950. The molecule has 7 nitrogen and oxygen atoms in total. The van der Waals surface area contributed by atoms with Crippen molar-refractivity contribution in [3.8, 4) is 11.5 Å². The van der Waals surface area contributed by atoms with Gasteiger partial charge in [0.1, 0.15) is 11.5 Å². The quantitative estimate of drug-likeness (QED) is 0.800. The van der Waals surface area contributed by atoms with Gasteiger partial charge in [0.25, 0.3) is 5.91 Å². The Balaban J connectivity index is 2.20. The van der Waals surface area contributed by atoms with E-state index in [0.29, 0.717) is 23.6 Å². The number of nitrogens with two attached hydrogens (primary N) is 1. The van der Waals surface area contributed by atoms with Crippen molar-refractivity contribution < 1.29 is 14.3 Å². The molecule has 0 unspecified atom stereocenters. The van der Waals surface area contributed by atoms with Crippen molar-refractivity contribution in [2.24, 2.45) is 7.05 Å². The zero-order valence-electron chi connectivity index (χ0n) is 12.2. The molecule has 1 aromatic heterocycles. The van der Waals surface area contributed by atoms with Gasteiger partial charge < -0.3 is 20.5 Å². The minimum Gasteiger partial charge on any atom is -0.497 e. The van der Waals surface area contributed by atoms with Crippen LogP contribution in [-0.4, -0.2) is 29.9 Å². The summed E-state index contributed by atoms with van der Waals surface area (Å²) in [5.41, 5.74) is 7.42. The maximum Gasteiger partial charge on any atom is 0.253 e. The van der Waals surface area contributed by atoms with Crippen molar-refractivity contribution in [3.05, 3.63) is 35.7 Å². The molecule has 0 saturated carbocycles. The topological polar surface area (TPSA) is 91.4 Å². The van der Waals surface area contributed by atoms with E-state index >= 15 is 0 Å². The van der Waals surface area contributed by atoms with E-state index in [-0.39, 0.29) is 11.6 Å². The van der Waals surface area contributed by atoms with E-state index in [9.17, 15) is 4.79 Å². The zero-order valence-corrected chi connectivity index (χ0v) is 12.2. The van der Waals surface area contributed by atoms with Crippen molar-refractivity contribution in [2.45, 2.75) is 6.54 Å². The van der Waals surface area contributed by atoms with Crippen LogP contribution in [0, 0.1) is 0 Å². The molecule has 7 heteroatoms. The number of aromatic nitrogens is 2. The van der Waals surface area contributed by atoms with E-state index in [0.717, 1.165) is 5.69 Å². The van der Waals surface area contributed by atoms with E-state index in [1.54, 1.807) is 23.0 Å². The Morgan fingerprint density at radius 2 is 2.14 bits per heavy atom. The molecule has 0 aliphatic carbocycles. The van der Waals surface area contributed by atoms with E-state index in [1.165, 1.54) is 14.2 Å². The van der Waals surface area contributed by atoms with E-state index in [1.807, 2.05) is 13.1 Å². The van der Waals surface area contributed by atoms with Gasteiger partial charge in [-0.2, -0.15) is 5.10 Å². The number of hydrogen-bond acceptors (Lipinski definition) is 5. The standard InChI is InChI=1S/C14H18N4O3/c1-18-9(4-5-17-18)8-16-14(19)11-6-10(20-2)7-12(21-3)13(11)15/h4-7H,8,15H2,1-3H3,(H,16,19). The number of nitrogens with zero attached hydrogens (tertiary/aromatic N) is 2. The Morgan fingerprint density at radius 1 is 1.38 bits per heavy atom. The first kappa shape index (κ1) is 14.7. The number of carbonyl (C=O) groups excluding carboxylic acids is 1. The summed E-state index contributed by atoms with van der Waals surface area (Å²) in [5, 5.41) is 6.84. The van der Waals surface area contributed by atoms with E-state index in [2.05, 4.69) is 10.4 Å². The Bertz CT molecular complexity index is 652. The fourth-order valence-corrected chi connectivity index (χ4v) is 1.92. The smallest absolute Gasteiger partial charge is 0.253 e. The number of rotatable bonds is 5. The van der Waals surface area contributed by atoms with Gasteiger partial charge in [-0.05, 0) is 12.1 Å². The van der Waals surface area contributed by atoms with Crippen LogP contribution < -0.4 is 20.5 Å². The molecule has 21 heavy (non-hydrogen) atoms. The summed E-state index contributed by atoms with van der Waals surface area (Å²) in [5.74, 6) is 0.609.